The molecule has 0 unspecified atom stereocenters. The Balaban J connectivity index is 1.95. The van der Waals surface area contributed by atoms with Gasteiger partial charge in [0.15, 0.2) is 0 Å². The molecule has 0 radical (unpaired) electrons. The minimum absolute atomic E-state index is 0.0542. The minimum atomic E-state index is -0.542. The van der Waals surface area contributed by atoms with Gasteiger partial charge in [0.25, 0.3) is 0 Å². The quantitative estimate of drug-likeness (QED) is 0.868. The van der Waals surface area contributed by atoms with Crippen molar-refractivity contribution in [1.29, 1.82) is 0 Å². The number of hydrogen-bond donors (Lipinski definition) is 2. The van der Waals surface area contributed by atoms with Crippen molar-refractivity contribution in [2.45, 2.75) is 19.1 Å². The molecule has 122 valence electrons. The Hall–Kier alpha value is -1.86. The molecule has 1 aliphatic rings. The molecule has 1 saturated heterocycles. The zero-order valence-electron chi connectivity index (χ0n) is 13.1. The van der Waals surface area contributed by atoms with Crippen LogP contribution in [0.5, 0.6) is 5.75 Å². The van der Waals surface area contributed by atoms with E-state index in [-0.39, 0.29) is 17.8 Å². The summed E-state index contributed by atoms with van der Waals surface area (Å²) in [5.74, 6) is -0.142. The van der Waals surface area contributed by atoms with Crippen LogP contribution in [0.15, 0.2) is 18.2 Å². The molecule has 2 N–H and O–H groups in total. The maximum absolute atomic E-state index is 13.8. The van der Waals surface area contributed by atoms with E-state index in [9.17, 15) is 9.18 Å². The molecular weight excluding hydrogens is 289 g/mol. The van der Waals surface area contributed by atoms with E-state index >= 15 is 0 Å². The van der Waals surface area contributed by atoms with Gasteiger partial charge < -0.3 is 25.0 Å². The number of urea groups is 1. The molecule has 6 nitrogen and oxygen atoms in total. The first-order valence-corrected chi connectivity index (χ1v) is 7.24. The van der Waals surface area contributed by atoms with Gasteiger partial charge in [-0.15, -0.1) is 0 Å². The number of hydrogen-bond acceptors (Lipinski definition) is 4. The summed E-state index contributed by atoms with van der Waals surface area (Å²) >= 11 is 0. The molecule has 1 heterocycles. The molecule has 1 aliphatic heterocycles. The lowest BCUT2D eigenvalue weighted by atomic mass is 10.2. The monoisotopic (exact) mass is 311 g/mol. The van der Waals surface area contributed by atoms with Crippen LogP contribution >= 0.6 is 0 Å². The molecule has 22 heavy (non-hydrogen) atoms. The number of halogens is 1. The molecule has 1 aromatic rings. The number of amides is 2. The maximum atomic E-state index is 13.8. The second-order valence-corrected chi connectivity index (χ2v) is 5.27. The average molecular weight is 311 g/mol. The van der Waals surface area contributed by atoms with Crippen LogP contribution in [-0.2, 0) is 4.74 Å². The van der Waals surface area contributed by atoms with Gasteiger partial charge in [-0.05, 0) is 26.1 Å². The first-order valence-electron chi connectivity index (χ1n) is 7.24. The molecule has 2 rings (SSSR count). The lowest BCUT2D eigenvalue weighted by Gasteiger charge is -2.20. The summed E-state index contributed by atoms with van der Waals surface area (Å²) in [6.07, 6.45) is -0.0542. The molecule has 0 bridgehead atoms. The molecule has 1 aromatic carbocycles. The summed E-state index contributed by atoms with van der Waals surface area (Å²) in [6.45, 7) is 3.96. The van der Waals surface area contributed by atoms with Crippen molar-refractivity contribution in [3.63, 3.8) is 0 Å². The SMILES string of the molecule is CCO[C@H]1CN(C)C[C@@H]1NC(=O)Nc1ccc(OC)cc1F. The van der Waals surface area contributed by atoms with Gasteiger partial charge in [0, 0.05) is 25.8 Å². The molecule has 0 saturated carbocycles. The van der Waals surface area contributed by atoms with Crippen LogP contribution in [0.3, 0.4) is 0 Å². The van der Waals surface area contributed by atoms with Crippen molar-refractivity contribution in [1.82, 2.24) is 10.2 Å². The highest BCUT2D eigenvalue weighted by atomic mass is 19.1. The van der Waals surface area contributed by atoms with Gasteiger partial charge in [-0.25, -0.2) is 9.18 Å². The van der Waals surface area contributed by atoms with Gasteiger partial charge in [-0.2, -0.15) is 0 Å². The van der Waals surface area contributed by atoms with E-state index in [2.05, 4.69) is 15.5 Å². The van der Waals surface area contributed by atoms with Gasteiger partial charge in [-0.3, -0.25) is 0 Å². The largest absolute Gasteiger partial charge is 0.497 e. The molecule has 1 fully saturated rings. The summed E-state index contributed by atoms with van der Waals surface area (Å²) in [6, 6.07) is 3.71. The molecule has 2 atom stereocenters. The fourth-order valence-corrected chi connectivity index (χ4v) is 2.53. The number of methoxy groups -OCH3 is 1. The van der Waals surface area contributed by atoms with E-state index in [0.29, 0.717) is 18.9 Å². The lowest BCUT2D eigenvalue weighted by Crippen LogP contribution is -2.45. The van der Waals surface area contributed by atoms with Gasteiger partial charge in [-0.1, -0.05) is 0 Å². The van der Waals surface area contributed by atoms with E-state index in [1.54, 1.807) is 6.07 Å². The number of nitrogens with zero attached hydrogens (tertiary/aromatic N) is 1. The van der Waals surface area contributed by atoms with Crippen LogP contribution in [0.25, 0.3) is 0 Å². The van der Waals surface area contributed by atoms with Crippen LogP contribution in [0, 0.1) is 5.82 Å². The van der Waals surface area contributed by atoms with E-state index < -0.39 is 11.8 Å². The number of anilines is 1. The highest BCUT2D eigenvalue weighted by Crippen LogP contribution is 2.20. The fourth-order valence-electron chi connectivity index (χ4n) is 2.53. The summed E-state index contributed by atoms with van der Waals surface area (Å²) < 4.78 is 24.4. The van der Waals surface area contributed by atoms with Crippen LogP contribution in [0.4, 0.5) is 14.9 Å². The zero-order chi connectivity index (χ0) is 16.1. The second-order valence-electron chi connectivity index (χ2n) is 5.27. The minimum Gasteiger partial charge on any atom is -0.497 e. The van der Waals surface area contributed by atoms with Crippen LogP contribution in [0.1, 0.15) is 6.92 Å². The number of likely N-dealkylation sites (tertiary alicyclic amines) is 1. The smallest absolute Gasteiger partial charge is 0.319 e. The normalized spacial score (nSPS) is 21.6. The molecule has 0 spiro atoms. The third-order valence-corrected chi connectivity index (χ3v) is 3.57. The van der Waals surface area contributed by atoms with Crippen molar-refractivity contribution in [3.8, 4) is 5.75 Å². The average Bonchev–Trinajstić information content (AvgIpc) is 2.81. The van der Waals surface area contributed by atoms with E-state index in [0.717, 1.165) is 6.54 Å². The Bertz CT molecular complexity index is 527. The van der Waals surface area contributed by atoms with Gasteiger partial charge >= 0.3 is 6.03 Å². The predicted molar refractivity (Wildman–Crippen MR) is 81.8 cm³/mol. The van der Waals surface area contributed by atoms with Gasteiger partial charge in [0.05, 0.1) is 24.9 Å². The van der Waals surface area contributed by atoms with Crippen LogP contribution in [-0.4, -0.2) is 56.9 Å². The Morgan fingerprint density at radius 3 is 2.86 bits per heavy atom. The number of nitrogens with one attached hydrogen (secondary N) is 2. The summed E-state index contributed by atoms with van der Waals surface area (Å²) in [4.78, 5) is 14.1. The Morgan fingerprint density at radius 1 is 1.45 bits per heavy atom. The summed E-state index contributed by atoms with van der Waals surface area (Å²) in [5, 5.41) is 5.35. The number of rotatable bonds is 5. The highest BCUT2D eigenvalue weighted by Gasteiger charge is 2.32. The zero-order valence-corrected chi connectivity index (χ0v) is 13.1. The number of carbonyl (C=O) groups excluding carboxylic acids is 1. The van der Waals surface area contributed by atoms with E-state index in [4.69, 9.17) is 9.47 Å². The van der Waals surface area contributed by atoms with Crippen molar-refractivity contribution in [2.75, 3.05) is 39.2 Å². The van der Waals surface area contributed by atoms with Crippen molar-refractivity contribution < 1.29 is 18.7 Å². The van der Waals surface area contributed by atoms with Gasteiger partial charge in [0.2, 0.25) is 0 Å². The van der Waals surface area contributed by atoms with Crippen LogP contribution in [0.2, 0.25) is 0 Å². The molecule has 7 heteroatoms. The summed E-state index contributed by atoms with van der Waals surface area (Å²) in [7, 11) is 3.42. The third-order valence-electron chi connectivity index (χ3n) is 3.57. The van der Waals surface area contributed by atoms with Crippen molar-refractivity contribution in [3.05, 3.63) is 24.0 Å². The third kappa shape index (κ3) is 4.08. The van der Waals surface area contributed by atoms with Crippen LogP contribution < -0.4 is 15.4 Å². The number of benzene rings is 1. The van der Waals surface area contributed by atoms with E-state index in [1.807, 2.05) is 14.0 Å². The first kappa shape index (κ1) is 16.5. The van der Waals surface area contributed by atoms with Crippen molar-refractivity contribution >= 4 is 11.7 Å². The molecule has 2 amide bonds. The van der Waals surface area contributed by atoms with Crippen molar-refractivity contribution in [2.24, 2.45) is 0 Å². The van der Waals surface area contributed by atoms with Gasteiger partial charge in [0.1, 0.15) is 11.6 Å². The second kappa shape index (κ2) is 7.42. The first-order chi connectivity index (χ1) is 10.5. The number of carbonyl (C=O) groups is 1. The molecule has 0 aromatic heterocycles. The van der Waals surface area contributed by atoms with E-state index in [1.165, 1.54) is 19.2 Å². The Morgan fingerprint density at radius 2 is 2.23 bits per heavy atom. The Kier molecular flexibility index (Phi) is 5.57. The Labute approximate surface area is 129 Å². The number of likely N-dealkylation sites (N-methyl/N-ethyl adjacent to an activating group) is 1. The highest BCUT2D eigenvalue weighted by molar-refractivity contribution is 5.89. The lowest BCUT2D eigenvalue weighted by molar-refractivity contribution is 0.0568. The standard InChI is InChI=1S/C15H22FN3O3/c1-4-22-14-9-19(2)8-13(14)18-15(20)17-12-6-5-10(21-3)7-11(12)16/h5-7,13-14H,4,8-9H2,1-3H3,(H2,17,18,20)/t13-,14-/m0/s1. The predicted octanol–water partition coefficient (Wildman–Crippen LogP) is 1.67. The topological polar surface area (TPSA) is 62.8 Å². The maximum Gasteiger partial charge on any atom is 0.319 e. The fraction of sp³-hybridized carbons (Fsp3) is 0.533. The summed E-state index contributed by atoms with van der Waals surface area (Å²) in [5.41, 5.74) is 0.109. The molecule has 0 aliphatic carbocycles. The number of ether oxygens (including phenoxy) is 2. The molecular formula is C15H22FN3O3.